The molecule has 0 saturated heterocycles. The van der Waals surface area contributed by atoms with Crippen LogP contribution in [0.15, 0.2) is 45.6 Å². The quantitative estimate of drug-likeness (QED) is 0.710. The Hall–Kier alpha value is -2.82. The first-order chi connectivity index (χ1) is 11.1. The topological polar surface area (TPSA) is 79.5 Å². The minimum Gasteiger partial charge on any atom is -0.504 e. The smallest absolute Gasteiger partial charge is 0.251 e. The van der Waals surface area contributed by atoms with Crippen LogP contribution in [0.3, 0.4) is 0 Å². The third-order valence-corrected chi connectivity index (χ3v) is 3.28. The molecule has 0 spiro atoms. The summed E-state index contributed by atoms with van der Waals surface area (Å²) in [5.41, 5.74) is 0.577. The number of benzene rings is 2. The van der Waals surface area contributed by atoms with Crippen LogP contribution in [-0.4, -0.2) is 17.6 Å². The zero-order valence-electron chi connectivity index (χ0n) is 13.3. The minimum absolute atomic E-state index is 0.102. The Bertz CT molecular complexity index is 912. The molecule has 1 aromatic heterocycles. The number of carbonyl (C=O) groups excluding carboxylic acids is 1. The van der Waals surface area contributed by atoms with Crippen molar-refractivity contribution in [3.63, 3.8) is 0 Å². The Labute approximate surface area is 133 Å². The fraction of sp³-hybridized carbons (Fsp3) is 0.222. The van der Waals surface area contributed by atoms with Crippen LogP contribution in [0.4, 0.5) is 0 Å². The molecule has 5 heteroatoms. The lowest BCUT2D eigenvalue weighted by Crippen LogP contribution is -2.22. The van der Waals surface area contributed by atoms with Crippen LogP contribution in [0.25, 0.3) is 21.9 Å². The average Bonchev–Trinajstić information content (AvgIpc) is 2.58. The van der Waals surface area contributed by atoms with Gasteiger partial charge in [0.05, 0.1) is 10.8 Å². The summed E-state index contributed by atoms with van der Waals surface area (Å²) in [5, 5.41) is 13.2. The largest absolute Gasteiger partial charge is 0.504 e. The molecule has 2 N–H and O–H groups in total. The van der Waals surface area contributed by atoms with Crippen molar-refractivity contribution in [1.29, 1.82) is 0 Å². The van der Waals surface area contributed by atoms with Crippen molar-refractivity contribution in [3.8, 4) is 5.75 Å². The molecule has 0 aliphatic carbocycles. The molecule has 0 atom stereocenters. The number of carbonyl (C=O) groups is 1. The van der Waals surface area contributed by atoms with Crippen LogP contribution in [0.1, 0.15) is 31.1 Å². The van der Waals surface area contributed by atoms with E-state index in [0.717, 1.165) is 0 Å². The first-order valence-corrected chi connectivity index (χ1v) is 7.58. The van der Waals surface area contributed by atoms with Gasteiger partial charge in [0, 0.05) is 12.1 Å². The van der Waals surface area contributed by atoms with Crippen LogP contribution in [0.2, 0.25) is 0 Å². The number of phenols is 1. The number of para-hydroxylation sites is 1. The summed E-state index contributed by atoms with van der Waals surface area (Å²) in [4.78, 5) is 24.2. The number of fused-ring (bicyclic) bond motifs is 2. The Morgan fingerprint density at radius 2 is 1.91 bits per heavy atom. The number of hydrogen-bond acceptors (Lipinski definition) is 4. The fourth-order valence-corrected chi connectivity index (χ4v) is 2.26. The lowest BCUT2D eigenvalue weighted by Gasteiger charge is -2.05. The van der Waals surface area contributed by atoms with Crippen LogP contribution < -0.4 is 10.7 Å². The summed E-state index contributed by atoms with van der Waals surface area (Å²) < 4.78 is 5.60. The molecule has 5 nitrogen and oxygen atoms in total. The summed E-state index contributed by atoms with van der Waals surface area (Å²) in [5.74, 6) is -0.339. The van der Waals surface area contributed by atoms with Gasteiger partial charge in [-0.15, -0.1) is 0 Å². The number of aromatic hydroxyl groups is 1. The van der Waals surface area contributed by atoms with E-state index in [1.807, 2.05) is 20.8 Å². The van der Waals surface area contributed by atoms with Crippen molar-refractivity contribution >= 4 is 27.8 Å². The zero-order valence-corrected chi connectivity index (χ0v) is 13.3. The highest BCUT2D eigenvalue weighted by Gasteiger charge is 2.12. The first-order valence-electron chi connectivity index (χ1n) is 7.58. The molecule has 0 saturated carbocycles. The minimum atomic E-state index is -0.237. The van der Waals surface area contributed by atoms with Crippen molar-refractivity contribution in [2.75, 3.05) is 6.54 Å². The SMILES string of the molecule is CC.CCNC(=O)c1ccc2c(=O)c3cccc(O)c3oc2c1. The molecule has 0 aliphatic heterocycles. The van der Waals surface area contributed by atoms with Gasteiger partial charge in [-0.3, -0.25) is 9.59 Å². The highest BCUT2D eigenvalue weighted by molar-refractivity contribution is 5.99. The number of phenolic OH excluding ortho intramolecular Hbond substituents is 1. The van der Waals surface area contributed by atoms with Crippen LogP contribution in [0, 0.1) is 0 Å². The maximum atomic E-state index is 12.4. The predicted octanol–water partition coefficient (Wildman–Crippen LogP) is 3.43. The Morgan fingerprint density at radius 1 is 1.17 bits per heavy atom. The van der Waals surface area contributed by atoms with E-state index in [9.17, 15) is 14.7 Å². The second kappa shape index (κ2) is 6.96. The molecule has 0 bridgehead atoms. The molecule has 1 heterocycles. The first kappa shape index (κ1) is 16.5. The lowest BCUT2D eigenvalue weighted by molar-refractivity contribution is 0.0956. The molecule has 3 rings (SSSR count). The van der Waals surface area contributed by atoms with Crippen LogP contribution in [0.5, 0.6) is 5.75 Å². The summed E-state index contributed by atoms with van der Waals surface area (Å²) in [6.07, 6.45) is 0. The van der Waals surface area contributed by atoms with E-state index < -0.39 is 0 Å². The van der Waals surface area contributed by atoms with E-state index in [1.165, 1.54) is 12.1 Å². The van der Waals surface area contributed by atoms with Gasteiger partial charge in [-0.1, -0.05) is 19.9 Å². The maximum absolute atomic E-state index is 12.4. The van der Waals surface area contributed by atoms with Crippen LogP contribution in [-0.2, 0) is 0 Å². The molecule has 0 unspecified atom stereocenters. The number of nitrogens with one attached hydrogen (secondary N) is 1. The van der Waals surface area contributed by atoms with Gasteiger partial charge in [-0.05, 0) is 37.3 Å². The molecular weight excluding hydrogens is 294 g/mol. The van der Waals surface area contributed by atoms with Gasteiger partial charge in [0.2, 0.25) is 5.43 Å². The average molecular weight is 313 g/mol. The summed E-state index contributed by atoms with van der Waals surface area (Å²) in [6.45, 7) is 6.34. The predicted molar refractivity (Wildman–Crippen MR) is 91.0 cm³/mol. The van der Waals surface area contributed by atoms with Crippen molar-refractivity contribution in [1.82, 2.24) is 5.32 Å². The van der Waals surface area contributed by atoms with E-state index in [2.05, 4.69) is 5.32 Å². The Morgan fingerprint density at radius 3 is 2.61 bits per heavy atom. The number of rotatable bonds is 2. The molecule has 1 amide bonds. The summed E-state index contributed by atoms with van der Waals surface area (Å²) in [6, 6.07) is 9.29. The van der Waals surface area contributed by atoms with Crippen LogP contribution >= 0.6 is 0 Å². The van der Waals surface area contributed by atoms with Crippen molar-refractivity contribution < 1.29 is 14.3 Å². The second-order valence-electron chi connectivity index (χ2n) is 4.66. The normalized spacial score (nSPS) is 10.2. The number of hydrogen-bond donors (Lipinski definition) is 2. The molecule has 3 aromatic rings. The molecule has 2 aromatic carbocycles. The highest BCUT2D eigenvalue weighted by atomic mass is 16.4. The summed E-state index contributed by atoms with van der Waals surface area (Å²) in [7, 11) is 0. The standard InChI is InChI=1S/C16H13NO4.C2H6/c1-2-17-16(20)9-6-7-10-13(8-9)21-15-11(14(10)19)4-3-5-12(15)18;1-2/h3-8,18H,2H2,1H3,(H,17,20);1-2H3. The monoisotopic (exact) mass is 313 g/mol. The molecule has 0 aliphatic rings. The van der Waals surface area contributed by atoms with Gasteiger partial charge in [0.15, 0.2) is 11.3 Å². The molecule has 0 radical (unpaired) electrons. The fourth-order valence-electron chi connectivity index (χ4n) is 2.26. The van der Waals surface area contributed by atoms with E-state index in [0.29, 0.717) is 22.9 Å². The third kappa shape index (κ3) is 3.04. The van der Waals surface area contributed by atoms with Crippen molar-refractivity contribution in [3.05, 3.63) is 52.2 Å². The highest BCUT2D eigenvalue weighted by Crippen LogP contribution is 2.26. The van der Waals surface area contributed by atoms with E-state index in [1.54, 1.807) is 24.3 Å². The van der Waals surface area contributed by atoms with Crippen molar-refractivity contribution in [2.24, 2.45) is 0 Å². The molecule has 0 fully saturated rings. The number of amides is 1. The van der Waals surface area contributed by atoms with E-state index in [-0.39, 0.29) is 28.3 Å². The van der Waals surface area contributed by atoms with Gasteiger partial charge in [0.25, 0.3) is 5.91 Å². The second-order valence-corrected chi connectivity index (χ2v) is 4.66. The van der Waals surface area contributed by atoms with Gasteiger partial charge in [0.1, 0.15) is 5.58 Å². The molecule has 23 heavy (non-hydrogen) atoms. The van der Waals surface area contributed by atoms with Gasteiger partial charge in [-0.2, -0.15) is 0 Å². The Balaban J connectivity index is 0.000000924. The third-order valence-electron chi connectivity index (χ3n) is 3.28. The van der Waals surface area contributed by atoms with Gasteiger partial charge >= 0.3 is 0 Å². The molecule has 120 valence electrons. The van der Waals surface area contributed by atoms with Gasteiger partial charge < -0.3 is 14.8 Å². The lowest BCUT2D eigenvalue weighted by atomic mass is 10.1. The van der Waals surface area contributed by atoms with E-state index in [4.69, 9.17) is 4.42 Å². The molecular formula is C18H19NO4. The summed E-state index contributed by atoms with van der Waals surface area (Å²) >= 11 is 0. The zero-order chi connectivity index (χ0) is 17.0. The van der Waals surface area contributed by atoms with Crippen molar-refractivity contribution in [2.45, 2.75) is 20.8 Å². The van der Waals surface area contributed by atoms with E-state index >= 15 is 0 Å². The maximum Gasteiger partial charge on any atom is 0.251 e. The van der Waals surface area contributed by atoms with Gasteiger partial charge in [-0.25, -0.2) is 0 Å². The Kier molecular flexibility index (Phi) is 5.01.